The van der Waals surface area contributed by atoms with E-state index >= 15 is 0 Å². The third-order valence-electron chi connectivity index (χ3n) is 7.35. The van der Waals surface area contributed by atoms with Gasteiger partial charge in [0.2, 0.25) is 0 Å². The minimum atomic E-state index is -4.14. The predicted molar refractivity (Wildman–Crippen MR) is 207 cm³/mol. The molecule has 49 heavy (non-hydrogen) atoms. The van der Waals surface area contributed by atoms with Crippen LogP contribution >= 0.6 is 20.2 Å². The van der Waals surface area contributed by atoms with Crippen molar-refractivity contribution in [2.45, 2.75) is 152 Å². The second kappa shape index (κ2) is 29.7. The summed E-state index contributed by atoms with van der Waals surface area (Å²) in [6.07, 6.45) is 6.86. The van der Waals surface area contributed by atoms with Crippen LogP contribution in [-0.4, -0.2) is 30.7 Å². The van der Waals surface area contributed by atoms with E-state index in [2.05, 4.69) is 73.4 Å². The lowest BCUT2D eigenvalue weighted by atomic mass is 9.88. The van der Waals surface area contributed by atoms with Crippen LogP contribution in [0.1, 0.15) is 148 Å². The van der Waals surface area contributed by atoms with Crippen LogP contribution in [0.3, 0.4) is 0 Å². The Hall–Kier alpha value is -2.02. The van der Waals surface area contributed by atoms with Crippen molar-refractivity contribution in [2.24, 2.45) is 11.8 Å². The van der Waals surface area contributed by atoms with Gasteiger partial charge in [-0.2, -0.15) is 13.2 Å². The van der Waals surface area contributed by atoms with Gasteiger partial charge in [-0.1, -0.05) is 115 Å². The minimum Gasteiger partial charge on any atom is -0.377 e. The van der Waals surface area contributed by atoms with Gasteiger partial charge in [0.1, 0.15) is 10.8 Å². The highest BCUT2D eigenvalue weighted by Gasteiger charge is 2.36. The number of ether oxygens (including phenoxy) is 1. The topological polar surface area (TPSA) is 56.3 Å². The number of benzene rings is 1. The first-order valence-corrected chi connectivity index (χ1v) is 19.7. The Morgan fingerprint density at radius 3 is 1.80 bits per heavy atom. The Balaban J connectivity index is -0.000000610. The number of allylic oxidation sites excluding steroid dienone is 2. The van der Waals surface area contributed by atoms with Gasteiger partial charge >= 0.3 is 6.18 Å². The number of ketones is 1. The van der Waals surface area contributed by atoms with E-state index < -0.39 is 12.1 Å². The molecule has 0 aliphatic rings. The summed E-state index contributed by atoms with van der Waals surface area (Å²) in [5.41, 5.74) is 4.98. The maximum Gasteiger partial charge on any atom is 0.395 e. The molecule has 0 spiro atoms. The number of aromatic nitrogens is 1. The first-order chi connectivity index (χ1) is 22.9. The highest BCUT2D eigenvalue weighted by molar-refractivity contribution is 8.03. The number of carbonyl (C=O) groups excluding carboxylic acids is 1. The lowest BCUT2D eigenvalue weighted by Crippen LogP contribution is -2.19. The molecule has 2 rings (SSSR count). The maximum absolute atomic E-state index is 12.2. The van der Waals surface area contributed by atoms with Crippen molar-refractivity contribution < 1.29 is 27.3 Å². The Bertz CT molecular complexity index is 1180. The summed E-state index contributed by atoms with van der Waals surface area (Å²) in [7, 11) is 1.92. The molecule has 1 aromatic carbocycles. The maximum atomic E-state index is 12.2. The Morgan fingerprint density at radius 1 is 0.959 bits per heavy atom. The summed E-state index contributed by atoms with van der Waals surface area (Å²) in [6, 6.07) is 6.43. The molecular weight excluding hydrogens is 662 g/mol. The lowest BCUT2D eigenvalue weighted by Gasteiger charge is -2.18. The SMILES string of the molecule is CC/C=C(\C)Sc1ncc(C)c(C(C)OC)c1C.CCC.CCCC(CCC)C(=O)C(C)C.CP=O.Cc1ccc([C@H](C)C(F)(F)F)cc1. The normalized spacial score (nSPS) is 12.4. The molecule has 0 fully saturated rings. The zero-order valence-electron chi connectivity index (χ0n) is 33.2. The molecule has 0 saturated carbocycles. The van der Waals surface area contributed by atoms with Crippen LogP contribution in [0.5, 0.6) is 0 Å². The van der Waals surface area contributed by atoms with E-state index in [1.165, 1.54) is 47.1 Å². The summed E-state index contributed by atoms with van der Waals surface area (Å²) in [4.78, 5) is 17.5. The van der Waals surface area contributed by atoms with E-state index in [0.29, 0.717) is 17.3 Å². The van der Waals surface area contributed by atoms with Crippen molar-refractivity contribution in [1.29, 1.82) is 0 Å². The summed E-state index contributed by atoms with van der Waals surface area (Å²) in [5.74, 6) is -0.375. The number of nitrogens with zero attached hydrogens (tertiary/aromatic N) is 1. The van der Waals surface area contributed by atoms with Crippen molar-refractivity contribution in [3.05, 3.63) is 69.3 Å². The molecule has 0 bridgehead atoms. The molecule has 2 aromatic rings. The summed E-state index contributed by atoms with van der Waals surface area (Å²) < 4.78 is 51.1. The molecule has 0 amide bonds. The molecule has 282 valence electrons. The molecule has 1 aromatic heterocycles. The number of hydrogen-bond donors (Lipinski definition) is 0. The number of carbonyl (C=O) groups is 1. The highest BCUT2D eigenvalue weighted by Crippen LogP contribution is 2.34. The number of rotatable bonds is 12. The molecule has 2 atom stereocenters. The van der Waals surface area contributed by atoms with E-state index in [4.69, 9.17) is 9.30 Å². The van der Waals surface area contributed by atoms with Gasteiger partial charge in [0, 0.05) is 31.8 Å². The van der Waals surface area contributed by atoms with Gasteiger partial charge in [-0.05, 0) is 88.0 Å². The average molecular weight is 730 g/mol. The Morgan fingerprint density at radius 2 is 1.43 bits per heavy atom. The van der Waals surface area contributed by atoms with E-state index in [0.717, 1.165) is 42.7 Å². The Kier molecular flexibility index (Phi) is 31.1. The van der Waals surface area contributed by atoms with Crippen molar-refractivity contribution in [2.75, 3.05) is 13.8 Å². The fourth-order valence-electron chi connectivity index (χ4n) is 4.70. The average Bonchev–Trinajstić information content (AvgIpc) is 3.03. The third kappa shape index (κ3) is 23.2. The van der Waals surface area contributed by atoms with Crippen LogP contribution in [0.2, 0.25) is 0 Å². The first-order valence-electron chi connectivity index (χ1n) is 17.6. The molecule has 0 aliphatic carbocycles. The number of halogens is 3. The summed E-state index contributed by atoms with van der Waals surface area (Å²) in [6.45, 7) is 27.7. The monoisotopic (exact) mass is 729 g/mol. The van der Waals surface area contributed by atoms with Gasteiger partial charge < -0.3 is 4.74 Å². The van der Waals surface area contributed by atoms with Crippen LogP contribution in [0.15, 0.2) is 46.5 Å². The van der Waals surface area contributed by atoms with E-state index in [-0.39, 0.29) is 20.5 Å². The molecule has 1 unspecified atom stereocenters. The second-order valence-corrected chi connectivity index (χ2v) is 14.0. The van der Waals surface area contributed by atoms with E-state index in [9.17, 15) is 18.0 Å². The third-order valence-corrected chi connectivity index (χ3v) is 8.44. The molecule has 9 heteroatoms. The molecule has 4 nitrogen and oxygen atoms in total. The minimum absolute atomic E-state index is 0.114. The zero-order valence-corrected chi connectivity index (χ0v) is 34.9. The van der Waals surface area contributed by atoms with Gasteiger partial charge in [0.25, 0.3) is 0 Å². The molecule has 0 aliphatic heterocycles. The van der Waals surface area contributed by atoms with E-state index in [1.54, 1.807) is 37.7 Å². The quantitative estimate of drug-likeness (QED) is 0.161. The number of pyridine rings is 1. The largest absolute Gasteiger partial charge is 0.395 e. The summed E-state index contributed by atoms with van der Waals surface area (Å²) >= 11 is 1.74. The highest BCUT2D eigenvalue weighted by atomic mass is 32.2. The van der Waals surface area contributed by atoms with Gasteiger partial charge in [0.15, 0.2) is 8.46 Å². The smallest absolute Gasteiger partial charge is 0.377 e. The van der Waals surface area contributed by atoms with Crippen molar-refractivity contribution in [1.82, 2.24) is 4.98 Å². The van der Waals surface area contributed by atoms with Crippen LogP contribution in [0, 0.1) is 32.6 Å². The number of alkyl halides is 3. The zero-order chi connectivity index (χ0) is 38.7. The molecule has 0 radical (unpaired) electrons. The van der Waals surface area contributed by atoms with Crippen LogP contribution in [-0.2, 0) is 14.1 Å². The van der Waals surface area contributed by atoms with Crippen LogP contribution < -0.4 is 0 Å². The molecule has 1 heterocycles. The fourth-order valence-corrected chi connectivity index (χ4v) is 5.63. The standard InChI is InChI=1S/C15H23NOS.C11H22O.C10H11F3.C3H8.CH3OP/c1-7-8-11(3)18-15-12(4)14(13(5)17-6)10(2)9-16-15;1-5-7-10(8-6-2)11(12)9(3)4;1-7-3-5-9(6-4-7)8(2)10(11,12)13;2*1-3-2/h8-9,13H,7H2,1-6H3;9-10H,5-8H2,1-4H3;3-6,8H,1-2H3;3H2,1-2H3;1H3/b11-8+;;;;/t;;8-;;/m..0../s1. The number of Topliss-reactive ketones (excluding diaryl/α,β-unsaturated/α-hetero) is 1. The van der Waals surface area contributed by atoms with Crippen molar-refractivity contribution in [3.8, 4) is 0 Å². The van der Waals surface area contributed by atoms with Gasteiger partial charge in [0.05, 0.1) is 12.0 Å². The second-order valence-electron chi connectivity index (χ2n) is 12.4. The fraction of sp³-hybridized carbons (Fsp3) is 0.650. The van der Waals surface area contributed by atoms with Gasteiger partial charge in [-0.15, -0.1) is 0 Å². The van der Waals surface area contributed by atoms with E-state index in [1.807, 2.05) is 27.0 Å². The number of thioether (sulfide) groups is 1. The molecule has 0 N–H and O–H groups in total. The van der Waals surface area contributed by atoms with Crippen molar-refractivity contribution >= 4 is 26.0 Å². The number of methoxy groups -OCH3 is 1. The Labute approximate surface area is 304 Å². The van der Waals surface area contributed by atoms with Gasteiger partial charge in [-0.25, -0.2) is 4.98 Å². The van der Waals surface area contributed by atoms with Crippen LogP contribution in [0.4, 0.5) is 13.2 Å². The molecule has 0 saturated heterocycles. The number of hydrogen-bond acceptors (Lipinski definition) is 5. The van der Waals surface area contributed by atoms with Gasteiger partial charge in [-0.3, -0.25) is 9.36 Å². The number of aryl methyl sites for hydroxylation is 2. The molecular formula is C40H67F3NO3PS. The first kappa shape index (κ1) is 51.4. The predicted octanol–water partition coefficient (Wildman–Crippen LogP) is 14.2. The van der Waals surface area contributed by atoms with Crippen molar-refractivity contribution in [3.63, 3.8) is 0 Å². The lowest BCUT2D eigenvalue weighted by molar-refractivity contribution is -0.146. The van der Waals surface area contributed by atoms with Crippen LogP contribution in [0.25, 0.3) is 0 Å². The summed E-state index contributed by atoms with van der Waals surface area (Å²) in [5, 5.41) is 1.08.